The van der Waals surface area contributed by atoms with E-state index in [2.05, 4.69) is 15.5 Å². The number of hydrogen-bond donors (Lipinski definition) is 2. The summed E-state index contributed by atoms with van der Waals surface area (Å²) >= 11 is 0. The molecule has 2 saturated heterocycles. The van der Waals surface area contributed by atoms with Crippen LogP contribution >= 0.6 is 0 Å². The largest absolute Gasteiger partial charge is 0.444 e. The molecule has 4 aromatic rings. The van der Waals surface area contributed by atoms with Crippen LogP contribution in [0.3, 0.4) is 0 Å². The van der Waals surface area contributed by atoms with Gasteiger partial charge in [0.15, 0.2) is 5.82 Å². The van der Waals surface area contributed by atoms with Crippen LogP contribution in [-0.2, 0) is 14.9 Å². The van der Waals surface area contributed by atoms with Gasteiger partial charge < -0.3 is 29.7 Å². The lowest BCUT2D eigenvalue weighted by atomic mass is 9.73. The van der Waals surface area contributed by atoms with E-state index in [1.165, 1.54) is 19.2 Å². The lowest BCUT2D eigenvalue weighted by Gasteiger charge is -2.48. The summed E-state index contributed by atoms with van der Waals surface area (Å²) in [5, 5.41) is 5.83. The highest BCUT2D eigenvalue weighted by molar-refractivity contribution is 6.09. The molecular weight excluding hydrogens is 743 g/mol. The van der Waals surface area contributed by atoms with Crippen molar-refractivity contribution in [2.24, 2.45) is 0 Å². The lowest BCUT2D eigenvalue weighted by Crippen LogP contribution is -2.59. The molecular formula is C44H54F2N8O4. The first-order chi connectivity index (χ1) is 27.6. The SMILES string of the molecule is CNC(=O)c1cc(Nc2nc(-c3ccc4c(c3)N([C@H]3C[C@@H](N5CCC[C@@H](F)C5)C3)C(=O)C43CCN(C(=O)OC(C)(C)C)CC3)cc3ncn(C(C)C)c23)c(F)cc1C. The fourth-order valence-corrected chi connectivity index (χ4v) is 9.31. The highest BCUT2D eigenvalue weighted by atomic mass is 19.1. The number of rotatable bonds is 7. The molecule has 3 fully saturated rings. The van der Waals surface area contributed by atoms with Gasteiger partial charge in [0.25, 0.3) is 5.91 Å². The van der Waals surface area contributed by atoms with Gasteiger partial charge in [-0.1, -0.05) is 12.1 Å². The second kappa shape index (κ2) is 14.9. The van der Waals surface area contributed by atoms with Gasteiger partial charge in [0.2, 0.25) is 5.91 Å². The molecule has 58 heavy (non-hydrogen) atoms. The molecule has 4 aliphatic rings. The van der Waals surface area contributed by atoms with E-state index in [0.29, 0.717) is 72.6 Å². The van der Waals surface area contributed by atoms with Gasteiger partial charge in [-0.05, 0) is 122 Å². The van der Waals surface area contributed by atoms with Crippen molar-refractivity contribution in [1.82, 2.24) is 29.7 Å². The molecule has 1 saturated carbocycles. The van der Waals surface area contributed by atoms with Crippen LogP contribution in [0.1, 0.15) is 101 Å². The quantitative estimate of drug-likeness (QED) is 0.194. The molecule has 2 aromatic heterocycles. The number of amides is 3. The van der Waals surface area contributed by atoms with E-state index in [-0.39, 0.29) is 41.7 Å². The average Bonchev–Trinajstić information content (AvgIpc) is 3.69. The van der Waals surface area contributed by atoms with E-state index >= 15 is 4.39 Å². The third kappa shape index (κ3) is 7.07. The van der Waals surface area contributed by atoms with Gasteiger partial charge in [0.1, 0.15) is 23.1 Å². The molecule has 12 nitrogen and oxygen atoms in total. The minimum Gasteiger partial charge on any atom is -0.444 e. The number of pyridine rings is 1. The Morgan fingerprint density at radius 3 is 2.45 bits per heavy atom. The van der Waals surface area contributed by atoms with Gasteiger partial charge in [-0.25, -0.2) is 23.5 Å². The maximum absolute atomic E-state index is 15.6. The number of piperidine rings is 2. The van der Waals surface area contributed by atoms with Crippen LogP contribution < -0.4 is 15.5 Å². The molecule has 0 unspecified atom stereocenters. The molecule has 3 aliphatic heterocycles. The minimum absolute atomic E-state index is 0.0204. The van der Waals surface area contributed by atoms with Crippen molar-refractivity contribution in [2.75, 3.05) is 43.4 Å². The summed E-state index contributed by atoms with van der Waals surface area (Å²) < 4.78 is 37.7. The number of nitrogens with one attached hydrogen (secondary N) is 2. The van der Waals surface area contributed by atoms with Gasteiger partial charge in [-0.3, -0.25) is 14.5 Å². The first-order valence-electron chi connectivity index (χ1n) is 20.6. The van der Waals surface area contributed by atoms with E-state index in [9.17, 15) is 18.8 Å². The number of benzene rings is 2. The number of anilines is 3. The van der Waals surface area contributed by atoms with E-state index in [1.807, 2.05) is 68.4 Å². The van der Waals surface area contributed by atoms with E-state index in [4.69, 9.17) is 14.7 Å². The first kappa shape index (κ1) is 39.7. The summed E-state index contributed by atoms with van der Waals surface area (Å²) in [6.07, 6.45) is 4.42. The maximum Gasteiger partial charge on any atom is 0.410 e. The van der Waals surface area contributed by atoms with Crippen molar-refractivity contribution >= 4 is 46.1 Å². The zero-order valence-corrected chi connectivity index (χ0v) is 34.5. The molecule has 0 bridgehead atoms. The fourth-order valence-electron chi connectivity index (χ4n) is 9.31. The molecule has 5 heterocycles. The smallest absolute Gasteiger partial charge is 0.410 e. The van der Waals surface area contributed by atoms with Gasteiger partial charge in [-0.2, -0.15) is 0 Å². The molecule has 3 amide bonds. The van der Waals surface area contributed by atoms with Crippen molar-refractivity contribution in [3.05, 3.63) is 65.2 Å². The maximum atomic E-state index is 15.6. The zero-order valence-electron chi connectivity index (χ0n) is 34.5. The first-order valence-corrected chi connectivity index (χ1v) is 20.6. The number of hydrogen-bond acceptors (Lipinski definition) is 8. The van der Waals surface area contributed by atoms with Crippen LogP contribution in [0, 0.1) is 12.7 Å². The summed E-state index contributed by atoms with van der Waals surface area (Å²) in [6, 6.07) is 11.0. The second-order valence-electron chi connectivity index (χ2n) is 17.8. The molecule has 308 valence electrons. The molecule has 1 atom stereocenters. The summed E-state index contributed by atoms with van der Waals surface area (Å²) in [4.78, 5) is 56.4. The topological polar surface area (TPSA) is 125 Å². The van der Waals surface area contributed by atoms with E-state index in [0.717, 1.165) is 42.6 Å². The van der Waals surface area contributed by atoms with Crippen LogP contribution in [0.2, 0.25) is 0 Å². The Labute approximate surface area is 338 Å². The molecule has 0 radical (unpaired) electrons. The lowest BCUT2D eigenvalue weighted by molar-refractivity contribution is -0.126. The predicted molar refractivity (Wildman–Crippen MR) is 220 cm³/mol. The van der Waals surface area contributed by atoms with E-state index in [1.54, 1.807) is 18.2 Å². The highest BCUT2D eigenvalue weighted by Gasteiger charge is 2.56. The minimum atomic E-state index is -0.820. The highest BCUT2D eigenvalue weighted by Crippen LogP contribution is 2.52. The van der Waals surface area contributed by atoms with Crippen LogP contribution in [0.4, 0.5) is 30.8 Å². The van der Waals surface area contributed by atoms with Gasteiger partial charge >= 0.3 is 6.09 Å². The Bertz CT molecular complexity index is 2270. The number of imidazole rings is 1. The Hall–Kier alpha value is -5.11. The number of carbonyl (C=O) groups excluding carboxylic acids is 3. The molecule has 1 aliphatic carbocycles. The Morgan fingerprint density at radius 1 is 1.03 bits per heavy atom. The van der Waals surface area contributed by atoms with Crippen molar-refractivity contribution in [2.45, 2.75) is 115 Å². The van der Waals surface area contributed by atoms with Gasteiger partial charge in [0, 0.05) is 61.6 Å². The van der Waals surface area contributed by atoms with Crippen LogP contribution in [0.15, 0.2) is 42.7 Å². The molecule has 2 N–H and O–H groups in total. The normalized spacial score (nSPS) is 22.0. The molecule has 1 spiro atoms. The Balaban J connectivity index is 1.18. The fraction of sp³-hybridized carbons (Fsp3) is 0.523. The number of aryl methyl sites for hydroxylation is 1. The number of carbonyl (C=O) groups is 3. The third-order valence-corrected chi connectivity index (χ3v) is 12.5. The number of nitrogens with zero attached hydrogens (tertiary/aromatic N) is 6. The summed E-state index contributed by atoms with van der Waals surface area (Å²) in [7, 11) is 1.53. The Kier molecular flexibility index (Phi) is 10.2. The van der Waals surface area contributed by atoms with Crippen molar-refractivity contribution in [1.29, 1.82) is 0 Å². The van der Waals surface area contributed by atoms with Crippen molar-refractivity contribution < 1.29 is 27.9 Å². The summed E-state index contributed by atoms with van der Waals surface area (Å²) in [6.45, 7) is 13.4. The number of aromatic nitrogens is 3. The summed E-state index contributed by atoms with van der Waals surface area (Å²) in [5.41, 5.74) is 3.93. The van der Waals surface area contributed by atoms with Gasteiger partial charge in [-0.15, -0.1) is 0 Å². The predicted octanol–water partition coefficient (Wildman–Crippen LogP) is 7.81. The number of likely N-dealkylation sites (tertiary alicyclic amines) is 2. The monoisotopic (exact) mass is 796 g/mol. The molecule has 14 heteroatoms. The number of ether oxygens (including phenoxy) is 1. The number of fused-ring (bicyclic) bond motifs is 3. The van der Waals surface area contributed by atoms with Crippen LogP contribution in [-0.4, -0.2) is 99.3 Å². The zero-order chi connectivity index (χ0) is 41.3. The average molecular weight is 797 g/mol. The second-order valence-corrected chi connectivity index (χ2v) is 17.8. The third-order valence-electron chi connectivity index (χ3n) is 12.5. The van der Waals surface area contributed by atoms with Crippen molar-refractivity contribution in [3.63, 3.8) is 0 Å². The summed E-state index contributed by atoms with van der Waals surface area (Å²) in [5.74, 6) is -0.442. The number of alkyl halides is 1. The standard InChI is InChI=1S/C44H54F2N8O4/c1-25(2)53-24-48-36-22-34(49-39(38(36)53)50-35-21-31(40(55)47-7)26(3)17-33(35)46)27-10-11-32-37(18-27)54(30-19-29(20-30)52-14-8-9-28(45)23-52)41(56)44(32)12-15-51(16-13-44)42(57)58-43(4,5)6/h10-11,17-18,21-22,24-25,28-30H,8-9,12-16,19-20,23H2,1-7H3,(H,47,55)(H,49,50)/t28-,29-,30+/m1/s1. The van der Waals surface area contributed by atoms with E-state index < -0.39 is 23.0 Å². The Morgan fingerprint density at radius 2 is 1.78 bits per heavy atom. The van der Waals surface area contributed by atoms with Gasteiger partial charge in [0.05, 0.1) is 28.6 Å². The van der Waals surface area contributed by atoms with Crippen LogP contribution in [0.5, 0.6) is 0 Å². The number of halogens is 2. The molecule has 2 aromatic carbocycles. The van der Waals surface area contributed by atoms with Crippen molar-refractivity contribution in [3.8, 4) is 11.3 Å². The molecule has 8 rings (SSSR count). The van der Waals surface area contributed by atoms with Crippen LogP contribution in [0.25, 0.3) is 22.3 Å².